The number of amides is 1. The van der Waals surface area contributed by atoms with E-state index in [2.05, 4.69) is 15.6 Å². The summed E-state index contributed by atoms with van der Waals surface area (Å²) in [6.45, 7) is 9.19. The molecular weight excluding hydrogens is 535 g/mol. The largest absolute Gasteiger partial charge is 0.493 e. The van der Waals surface area contributed by atoms with Crippen LogP contribution >= 0.6 is 35.6 Å². The molecule has 31 heavy (non-hydrogen) atoms. The van der Waals surface area contributed by atoms with Crippen molar-refractivity contribution in [1.29, 1.82) is 0 Å². The maximum atomic E-state index is 11.9. The summed E-state index contributed by atoms with van der Waals surface area (Å²) < 4.78 is 16.1. The molecule has 0 spiro atoms. The highest BCUT2D eigenvalue weighted by Crippen LogP contribution is 2.36. The fraction of sp³-hybridized carbons (Fsp3) is 0.619. The van der Waals surface area contributed by atoms with Crippen LogP contribution in [0.25, 0.3) is 0 Å². The highest BCUT2D eigenvalue weighted by atomic mass is 127. The summed E-state index contributed by atoms with van der Waals surface area (Å²) in [5.41, 5.74) is 0.926. The summed E-state index contributed by atoms with van der Waals surface area (Å²) in [7, 11) is 1.59. The molecule has 1 aliphatic rings. The third kappa shape index (κ3) is 8.44. The fourth-order valence-electron chi connectivity index (χ4n) is 3.25. The van der Waals surface area contributed by atoms with Crippen LogP contribution in [0.1, 0.15) is 39.2 Å². The van der Waals surface area contributed by atoms with Crippen molar-refractivity contribution >= 4 is 47.6 Å². The molecule has 0 unspecified atom stereocenters. The third-order valence-electron chi connectivity index (χ3n) is 4.70. The van der Waals surface area contributed by atoms with Gasteiger partial charge in [-0.25, -0.2) is 9.79 Å². The number of methoxy groups -OCH3 is 1. The number of piperidine rings is 1. The molecular formula is C21H34ClIN4O4. The number of hydrogen-bond donors (Lipinski definition) is 2. The van der Waals surface area contributed by atoms with E-state index in [-0.39, 0.29) is 36.1 Å². The topological polar surface area (TPSA) is 84.4 Å². The molecule has 1 aliphatic heterocycles. The molecule has 0 aliphatic carbocycles. The molecule has 176 valence electrons. The lowest BCUT2D eigenvalue weighted by Gasteiger charge is -2.32. The Morgan fingerprint density at radius 2 is 1.94 bits per heavy atom. The number of rotatable bonds is 8. The SMILES string of the molecule is CCNC(=NCc1cc(Cl)c(OCC)c(OC)c1)NC1CCN(C(=O)OCC)CC1.I. The van der Waals surface area contributed by atoms with Gasteiger partial charge in [0.1, 0.15) is 0 Å². The van der Waals surface area contributed by atoms with Gasteiger partial charge in [-0.15, -0.1) is 24.0 Å². The Balaban J connectivity index is 0.00000480. The Bertz CT molecular complexity index is 728. The molecule has 0 saturated carbocycles. The van der Waals surface area contributed by atoms with E-state index < -0.39 is 0 Å². The first-order valence-corrected chi connectivity index (χ1v) is 10.9. The summed E-state index contributed by atoms with van der Waals surface area (Å²) in [5.74, 6) is 1.88. The second kappa shape index (κ2) is 14.4. The number of carbonyl (C=O) groups excluding carboxylic acids is 1. The maximum absolute atomic E-state index is 11.9. The van der Waals surface area contributed by atoms with Gasteiger partial charge in [0.05, 0.1) is 31.9 Å². The number of carbonyl (C=O) groups is 1. The van der Waals surface area contributed by atoms with E-state index in [1.807, 2.05) is 32.9 Å². The van der Waals surface area contributed by atoms with Crippen LogP contribution in [0, 0.1) is 0 Å². The smallest absolute Gasteiger partial charge is 0.409 e. The van der Waals surface area contributed by atoms with E-state index in [0.717, 1.165) is 30.9 Å². The average Bonchev–Trinajstić information content (AvgIpc) is 2.74. The molecule has 1 saturated heterocycles. The van der Waals surface area contributed by atoms with E-state index in [0.29, 0.717) is 49.4 Å². The summed E-state index contributed by atoms with van der Waals surface area (Å²) >= 11 is 6.36. The predicted molar refractivity (Wildman–Crippen MR) is 134 cm³/mol. The van der Waals surface area contributed by atoms with Crippen LogP contribution in [-0.4, -0.2) is 63.0 Å². The second-order valence-electron chi connectivity index (χ2n) is 6.84. The van der Waals surface area contributed by atoms with E-state index in [1.54, 1.807) is 12.0 Å². The molecule has 1 amide bonds. The number of halogens is 2. The lowest BCUT2D eigenvalue weighted by molar-refractivity contribution is 0.0963. The summed E-state index contributed by atoms with van der Waals surface area (Å²) in [6.07, 6.45) is 1.44. The van der Waals surface area contributed by atoms with E-state index >= 15 is 0 Å². The van der Waals surface area contributed by atoms with Crippen molar-refractivity contribution in [3.8, 4) is 11.5 Å². The maximum Gasteiger partial charge on any atom is 0.409 e. The summed E-state index contributed by atoms with van der Waals surface area (Å²) in [4.78, 5) is 18.3. The van der Waals surface area contributed by atoms with Crippen molar-refractivity contribution in [2.75, 3.05) is 40.0 Å². The molecule has 2 N–H and O–H groups in total. The van der Waals surface area contributed by atoms with Gasteiger partial charge in [-0.05, 0) is 51.3 Å². The minimum Gasteiger partial charge on any atom is -0.493 e. The molecule has 1 heterocycles. The molecule has 1 aromatic carbocycles. The summed E-state index contributed by atoms with van der Waals surface area (Å²) in [6, 6.07) is 3.98. The Hall–Kier alpha value is -1.62. The van der Waals surface area contributed by atoms with Crippen LogP contribution in [0.15, 0.2) is 17.1 Å². The highest BCUT2D eigenvalue weighted by Gasteiger charge is 2.24. The Labute approximate surface area is 207 Å². The van der Waals surface area contributed by atoms with Crippen LogP contribution in [0.4, 0.5) is 4.79 Å². The zero-order chi connectivity index (χ0) is 21.9. The van der Waals surface area contributed by atoms with Crippen molar-refractivity contribution in [1.82, 2.24) is 15.5 Å². The number of guanidine groups is 1. The van der Waals surface area contributed by atoms with Crippen molar-refractivity contribution in [2.45, 2.75) is 46.2 Å². The van der Waals surface area contributed by atoms with Gasteiger partial charge >= 0.3 is 6.09 Å². The van der Waals surface area contributed by atoms with Crippen LogP contribution in [0.3, 0.4) is 0 Å². The number of benzene rings is 1. The van der Waals surface area contributed by atoms with Gasteiger partial charge < -0.3 is 29.7 Å². The van der Waals surface area contributed by atoms with E-state index in [1.165, 1.54) is 0 Å². The number of likely N-dealkylation sites (tertiary alicyclic amines) is 1. The monoisotopic (exact) mass is 568 g/mol. The Morgan fingerprint density at radius 3 is 2.52 bits per heavy atom. The molecule has 1 fully saturated rings. The second-order valence-corrected chi connectivity index (χ2v) is 7.25. The van der Waals surface area contributed by atoms with Crippen molar-refractivity contribution in [3.63, 3.8) is 0 Å². The standard InChI is InChI=1S/C21H33ClN4O4.HI/c1-5-23-20(25-16-8-10-26(11-9-16)21(27)30-7-3)24-14-15-12-17(22)19(29-6-2)18(13-15)28-4;/h12-13,16H,5-11,14H2,1-4H3,(H2,23,24,25);1H. The van der Waals surface area contributed by atoms with Gasteiger partial charge in [-0.2, -0.15) is 0 Å². The van der Waals surface area contributed by atoms with Crippen LogP contribution in [-0.2, 0) is 11.3 Å². The molecule has 2 rings (SSSR count). The quantitative estimate of drug-likeness (QED) is 0.280. The van der Waals surface area contributed by atoms with Crippen molar-refractivity contribution < 1.29 is 19.0 Å². The first-order chi connectivity index (χ1) is 14.5. The average molecular weight is 569 g/mol. The molecule has 10 heteroatoms. The van der Waals surface area contributed by atoms with Crippen molar-refractivity contribution in [3.05, 3.63) is 22.7 Å². The van der Waals surface area contributed by atoms with Gasteiger partial charge in [-0.1, -0.05) is 11.6 Å². The van der Waals surface area contributed by atoms with Crippen LogP contribution in [0.2, 0.25) is 5.02 Å². The zero-order valence-corrected chi connectivity index (χ0v) is 21.8. The molecule has 8 nitrogen and oxygen atoms in total. The van der Waals surface area contributed by atoms with Crippen LogP contribution in [0.5, 0.6) is 11.5 Å². The number of nitrogens with zero attached hydrogens (tertiary/aromatic N) is 2. The third-order valence-corrected chi connectivity index (χ3v) is 4.98. The minimum absolute atomic E-state index is 0. The van der Waals surface area contributed by atoms with Gasteiger partial charge in [0.2, 0.25) is 0 Å². The normalized spacial score (nSPS) is 14.5. The first-order valence-electron chi connectivity index (χ1n) is 10.5. The molecule has 0 atom stereocenters. The fourth-order valence-corrected chi connectivity index (χ4v) is 3.54. The number of aliphatic imine (C=N–C) groups is 1. The van der Waals surface area contributed by atoms with Gasteiger partial charge in [0.25, 0.3) is 0 Å². The van der Waals surface area contributed by atoms with Gasteiger partial charge in [-0.3, -0.25) is 0 Å². The van der Waals surface area contributed by atoms with E-state index in [9.17, 15) is 4.79 Å². The highest BCUT2D eigenvalue weighted by molar-refractivity contribution is 14.0. The number of hydrogen-bond acceptors (Lipinski definition) is 5. The number of ether oxygens (including phenoxy) is 3. The van der Waals surface area contributed by atoms with E-state index in [4.69, 9.17) is 25.8 Å². The van der Waals surface area contributed by atoms with Gasteiger partial charge in [0.15, 0.2) is 17.5 Å². The molecule has 1 aromatic rings. The minimum atomic E-state index is -0.238. The molecule has 0 aromatic heterocycles. The van der Waals surface area contributed by atoms with Gasteiger partial charge in [0, 0.05) is 25.7 Å². The Morgan fingerprint density at radius 1 is 1.23 bits per heavy atom. The predicted octanol–water partition coefficient (Wildman–Crippen LogP) is 4.04. The lowest BCUT2D eigenvalue weighted by Crippen LogP contribution is -2.49. The lowest BCUT2D eigenvalue weighted by atomic mass is 10.1. The first kappa shape index (κ1) is 27.4. The Kier molecular flexibility index (Phi) is 12.8. The molecule has 0 bridgehead atoms. The van der Waals surface area contributed by atoms with Crippen LogP contribution < -0.4 is 20.1 Å². The van der Waals surface area contributed by atoms with Crippen molar-refractivity contribution in [2.24, 2.45) is 4.99 Å². The summed E-state index contributed by atoms with van der Waals surface area (Å²) in [5, 5.41) is 7.24. The number of nitrogens with one attached hydrogen (secondary N) is 2. The molecule has 0 radical (unpaired) electrons. The zero-order valence-electron chi connectivity index (χ0n) is 18.7.